The van der Waals surface area contributed by atoms with Crippen molar-refractivity contribution >= 4 is 22.7 Å². The van der Waals surface area contributed by atoms with Gasteiger partial charge in [-0.05, 0) is 38.3 Å². The molecule has 0 N–H and O–H groups in total. The van der Waals surface area contributed by atoms with Gasteiger partial charge in [0.05, 0.1) is 11.0 Å². The smallest absolute Gasteiger partial charge is 0.338 e. The number of benzene rings is 1. The maximum Gasteiger partial charge on any atom is 0.352 e. The van der Waals surface area contributed by atoms with Gasteiger partial charge in [0.15, 0.2) is 0 Å². The van der Waals surface area contributed by atoms with Crippen LogP contribution in [-0.4, -0.2) is 42.1 Å². The summed E-state index contributed by atoms with van der Waals surface area (Å²) in [7, 11) is 1.88. The van der Waals surface area contributed by atoms with Gasteiger partial charge in [0.1, 0.15) is 6.54 Å². The first-order valence-corrected chi connectivity index (χ1v) is 8.40. The highest BCUT2D eigenvalue weighted by Gasteiger charge is 2.25. The quantitative estimate of drug-likeness (QED) is 0.714. The second kappa shape index (κ2) is 5.51. The Bertz CT molecular complexity index is 980. The number of carbonyl (C=O) groups excluding carboxylic acids is 1. The number of nitrogens with zero attached hydrogens (tertiary/aromatic N) is 5. The Morgan fingerprint density at radius 2 is 2.00 bits per heavy atom. The Morgan fingerprint density at radius 3 is 2.75 bits per heavy atom. The summed E-state index contributed by atoms with van der Waals surface area (Å²) in [5, 5.41) is 4.39. The lowest BCUT2D eigenvalue weighted by molar-refractivity contribution is -0.135. The van der Waals surface area contributed by atoms with Crippen LogP contribution in [0.5, 0.6) is 0 Å². The highest BCUT2D eigenvalue weighted by atomic mass is 16.2. The van der Waals surface area contributed by atoms with Crippen molar-refractivity contribution in [2.45, 2.75) is 38.8 Å². The molecule has 0 radical (unpaired) electrons. The zero-order valence-corrected chi connectivity index (χ0v) is 14.0. The van der Waals surface area contributed by atoms with Gasteiger partial charge in [0.25, 0.3) is 0 Å². The summed E-state index contributed by atoms with van der Waals surface area (Å²) in [4.78, 5) is 27.2. The molecule has 0 unspecified atom stereocenters. The molecular weight excluding hydrogens is 306 g/mol. The van der Waals surface area contributed by atoms with E-state index in [9.17, 15) is 9.59 Å². The lowest BCUT2D eigenvalue weighted by Crippen LogP contribution is -2.44. The van der Waals surface area contributed by atoms with Gasteiger partial charge in [0.2, 0.25) is 11.7 Å². The Hall–Kier alpha value is -2.57. The van der Waals surface area contributed by atoms with Crippen LogP contribution in [0.25, 0.3) is 16.8 Å². The largest absolute Gasteiger partial charge is 0.352 e. The second-order valence-corrected chi connectivity index (χ2v) is 6.56. The molecule has 1 aliphatic heterocycles. The SMILES string of the molecule is C[C@H]1CCCCN1C(=O)Cn1nc2n(C)c3ccccc3n2c1=O. The number of aromatic nitrogens is 4. The average Bonchev–Trinajstić information content (AvgIpc) is 3.05. The Labute approximate surface area is 139 Å². The highest BCUT2D eigenvalue weighted by molar-refractivity contribution is 5.80. The molecule has 1 atom stereocenters. The maximum absolute atomic E-state index is 12.7. The molecule has 126 valence electrons. The van der Waals surface area contributed by atoms with Crippen molar-refractivity contribution in [3.63, 3.8) is 0 Å². The van der Waals surface area contributed by atoms with Crippen molar-refractivity contribution in [1.29, 1.82) is 0 Å². The van der Waals surface area contributed by atoms with E-state index >= 15 is 0 Å². The number of aryl methyl sites for hydroxylation is 1. The fraction of sp³-hybridized carbons (Fsp3) is 0.471. The third-order valence-corrected chi connectivity index (χ3v) is 5.01. The first kappa shape index (κ1) is 15.0. The zero-order valence-electron chi connectivity index (χ0n) is 14.0. The molecule has 3 heterocycles. The normalized spacial score (nSPS) is 18.6. The molecule has 2 aromatic heterocycles. The summed E-state index contributed by atoms with van der Waals surface area (Å²) < 4.78 is 4.73. The topological polar surface area (TPSA) is 64.5 Å². The molecule has 0 saturated carbocycles. The monoisotopic (exact) mass is 327 g/mol. The minimum atomic E-state index is -0.264. The molecular formula is C17H21N5O2. The first-order valence-electron chi connectivity index (χ1n) is 8.40. The van der Waals surface area contributed by atoms with Crippen molar-refractivity contribution in [3.05, 3.63) is 34.7 Å². The molecule has 0 aliphatic carbocycles. The number of hydrogen-bond donors (Lipinski definition) is 0. The van der Waals surface area contributed by atoms with E-state index in [0.717, 1.165) is 36.8 Å². The van der Waals surface area contributed by atoms with Crippen LogP contribution in [-0.2, 0) is 18.4 Å². The molecule has 1 aliphatic rings. The van der Waals surface area contributed by atoms with E-state index in [1.807, 2.05) is 40.8 Å². The van der Waals surface area contributed by atoms with Crippen LogP contribution in [0, 0.1) is 0 Å². The number of likely N-dealkylation sites (tertiary alicyclic amines) is 1. The van der Waals surface area contributed by atoms with E-state index in [2.05, 4.69) is 12.0 Å². The fourth-order valence-electron chi connectivity index (χ4n) is 3.66. The van der Waals surface area contributed by atoms with Gasteiger partial charge in [0, 0.05) is 19.6 Å². The molecule has 1 saturated heterocycles. The van der Waals surface area contributed by atoms with E-state index in [0.29, 0.717) is 5.78 Å². The molecule has 4 rings (SSSR count). The molecule has 1 amide bonds. The molecule has 0 bridgehead atoms. The number of amides is 1. The summed E-state index contributed by atoms with van der Waals surface area (Å²) in [6.07, 6.45) is 3.21. The van der Waals surface area contributed by atoms with Gasteiger partial charge in [-0.2, -0.15) is 0 Å². The molecule has 3 aromatic rings. The molecule has 7 nitrogen and oxygen atoms in total. The average molecular weight is 327 g/mol. The van der Waals surface area contributed by atoms with Gasteiger partial charge in [-0.3, -0.25) is 4.79 Å². The highest BCUT2D eigenvalue weighted by Crippen LogP contribution is 2.18. The van der Waals surface area contributed by atoms with E-state index < -0.39 is 0 Å². The van der Waals surface area contributed by atoms with Crippen molar-refractivity contribution in [1.82, 2.24) is 23.6 Å². The summed E-state index contributed by atoms with van der Waals surface area (Å²) in [6, 6.07) is 7.91. The number of carbonyl (C=O) groups is 1. The molecule has 24 heavy (non-hydrogen) atoms. The van der Waals surface area contributed by atoms with Gasteiger partial charge in [-0.25, -0.2) is 13.9 Å². The van der Waals surface area contributed by atoms with Gasteiger partial charge in [-0.1, -0.05) is 12.1 Å². The van der Waals surface area contributed by atoms with Crippen molar-refractivity contribution in [2.24, 2.45) is 7.05 Å². The number of para-hydroxylation sites is 2. The van der Waals surface area contributed by atoms with Crippen LogP contribution in [0.1, 0.15) is 26.2 Å². The molecule has 0 spiro atoms. The second-order valence-electron chi connectivity index (χ2n) is 6.56. The lowest BCUT2D eigenvalue weighted by Gasteiger charge is -2.33. The zero-order chi connectivity index (χ0) is 16.8. The summed E-state index contributed by atoms with van der Waals surface area (Å²) in [5.41, 5.74) is 1.49. The summed E-state index contributed by atoms with van der Waals surface area (Å²) >= 11 is 0. The Morgan fingerprint density at radius 1 is 1.25 bits per heavy atom. The summed E-state index contributed by atoms with van der Waals surface area (Å²) in [6.45, 7) is 2.83. The predicted octanol–water partition coefficient (Wildman–Crippen LogP) is 1.39. The first-order chi connectivity index (χ1) is 11.6. The molecule has 1 fully saturated rings. The predicted molar refractivity (Wildman–Crippen MR) is 91.0 cm³/mol. The van der Waals surface area contributed by atoms with E-state index in [4.69, 9.17) is 0 Å². The van der Waals surface area contributed by atoms with Crippen molar-refractivity contribution < 1.29 is 4.79 Å². The van der Waals surface area contributed by atoms with E-state index in [1.54, 1.807) is 4.40 Å². The van der Waals surface area contributed by atoms with Crippen LogP contribution < -0.4 is 5.69 Å². The van der Waals surface area contributed by atoms with Crippen LogP contribution in [0.2, 0.25) is 0 Å². The third-order valence-electron chi connectivity index (χ3n) is 5.01. The lowest BCUT2D eigenvalue weighted by atomic mass is 10.0. The molecule has 7 heteroatoms. The number of fused-ring (bicyclic) bond motifs is 3. The van der Waals surface area contributed by atoms with Crippen molar-refractivity contribution in [2.75, 3.05) is 6.54 Å². The molecule has 1 aromatic carbocycles. The maximum atomic E-state index is 12.7. The fourth-order valence-corrected chi connectivity index (χ4v) is 3.66. The van der Waals surface area contributed by atoms with Gasteiger partial charge >= 0.3 is 5.69 Å². The minimum Gasteiger partial charge on any atom is -0.338 e. The Kier molecular flexibility index (Phi) is 3.44. The van der Waals surface area contributed by atoms with Crippen molar-refractivity contribution in [3.8, 4) is 0 Å². The van der Waals surface area contributed by atoms with E-state index in [-0.39, 0.29) is 24.2 Å². The van der Waals surface area contributed by atoms with Crippen LogP contribution >= 0.6 is 0 Å². The van der Waals surface area contributed by atoms with Crippen LogP contribution in [0.4, 0.5) is 0 Å². The van der Waals surface area contributed by atoms with Gasteiger partial charge < -0.3 is 9.47 Å². The number of piperidine rings is 1. The number of hydrogen-bond acceptors (Lipinski definition) is 3. The van der Waals surface area contributed by atoms with Crippen LogP contribution in [0.3, 0.4) is 0 Å². The number of rotatable bonds is 2. The standard InChI is InChI=1S/C17H21N5O2/c1-12-7-5-6-10-20(12)15(23)11-21-17(24)22-14-9-4-3-8-13(14)19(2)16(22)18-21/h3-4,8-9,12H,5-7,10-11H2,1-2H3/t12-/m0/s1. The Balaban J connectivity index is 1.73. The van der Waals surface area contributed by atoms with Crippen LogP contribution in [0.15, 0.2) is 29.1 Å². The van der Waals surface area contributed by atoms with E-state index in [1.165, 1.54) is 4.68 Å². The minimum absolute atomic E-state index is 0.000813. The third kappa shape index (κ3) is 2.15. The number of imidazole rings is 1. The van der Waals surface area contributed by atoms with Gasteiger partial charge in [-0.15, -0.1) is 5.10 Å². The summed E-state index contributed by atoms with van der Waals surface area (Å²) in [5.74, 6) is 0.526.